The minimum absolute atomic E-state index is 0.874. The van der Waals surface area contributed by atoms with Crippen molar-refractivity contribution in [3.8, 4) is 0 Å². The van der Waals surface area contributed by atoms with Crippen LogP contribution in [0.3, 0.4) is 0 Å². The summed E-state index contributed by atoms with van der Waals surface area (Å²) in [6.45, 7) is 5.06. The summed E-state index contributed by atoms with van der Waals surface area (Å²) < 4.78 is 5.52. The van der Waals surface area contributed by atoms with Gasteiger partial charge in [0, 0.05) is 13.0 Å². The molecule has 0 aromatic heterocycles. The summed E-state index contributed by atoms with van der Waals surface area (Å²) >= 11 is 0. The molecule has 0 N–H and O–H groups in total. The van der Waals surface area contributed by atoms with Crippen molar-refractivity contribution in [3.63, 3.8) is 0 Å². The molecule has 0 saturated heterocycles. The van der Waals surface area contributed by atoms with Gasteiger partial charge in [0.05, 0.1) is 6.61 Å². The maximum atomic E-state index is 5.52. The van der Waals surface area contributed by atoms with Crippen molar-refractivity contribution in [2.24, 2.45) is 0 Å². The van der Waals surface area contributed by atoms with Crippen molar-refractivity contribution < 1.29 is 4.74 Å². The van der Waals surface area contributed by atoms with E-state index in [1.54, 1.807) is 0 Å². The average Bonchev–Trinajstić information content (AvgIpc) is 2.38. The molecule has 0 saturated carbocycles. The monoisotopic (exact) mass is 233 g/mol. The van der Waals surface area contributed by atoms with Crippen LogP contribution in [0.1, 0.15) is 51.0 Å². The molecule has 1 rings (SSSR count). The highest BCUT2D eigenvalue weighted by Crippen LogP contribution is 2.06. The lowest BCUT2D eigenvalue weighted by atomic mass is 10.1. The van der Waals surface area contributed by atoms with Gasteiger partial charge in [0.2, 0.25) is 0 Å². The zero-order valence-corrected chi connectivity index (χ0v) is 11.0. The highest BCUT2D eigenvalue weighted by molar-refractivity contribution is 5.15. The molecule has 0 aliphatic heterocycles. The van der Waals surface area contributed by atoms with Crippen LogP contribution in [0, 0.1) is 6.61 Å². The number of benzene rings is 1. The first-order valence-electron chi connectivity index (χ1n) is 6.90. The number of hydrogen-bond donors (Lipinski definition) is 0. The van der Waals surface area contributed by atoms with Gasteiger partial charge < -0.3 is 4.74 Å². The van der Waals surface area contributed by atoms with Crippen molar-refractivity contribution in [2.45, 2.75) is 51.9 Å². The molecule has 1 aromatic rings. The normalized spacial score (nSPS) is 10.6. The van der Waals surface area contributed by atoms with Crippen molar-refractivity contribution in [2.75, 3.05) is 6.61 Å². The first kappa shape index (κ1) is 14.2. The number of hydrogen-bond acceptors (Lipinski definition) is 1. The van der Waals surface area contributed by atoms with Gasteiger partial charge in [-0.25, -0.2) is 0 Å². The highest BCUT2D eigenvalue weighted by atomic mass is 16.5. The molecule has 0 fully saturated rings. The minimum Gasteiger partial charge on any atom is -0.375 e. The highest BCUT2D eigenvalue weighted by Gasteiger charge is 1.94. The van der Waals surface area contributed by atoms with E-state index in [4.69, 9.17) is 4.74 Å². The van der Waals surface area contributed by atoms with Crippen LogP contribution in [0.25, 0.3) is 0 Å². The molecule has 0 unspecified atom stereocenters. The van der Waals surface area contributed by atoms with Gasteiger partial charge >= 0.3 is 0 Å². The second-order valence-electron chi connectivity index (χ2n) is 4.49. The van der Waals surface area contributed by atoms with Crippen LogP contribution in [0.4, 0.5) is 0 Å². The summed E-state index contributed by atoms with van der Waals surface area (Å²) in [5.41, 5.74) is 1.32. The van der Waals surface area contributed by atoms with Gasteiger partial charge in [-0.05, 0) is 12.0 Å². The summed E-state index contributed by atoms with van der Waals surface area (Å²) in [6, 6.07) is 10.4. The Balaban J connectivity index is 1.85. The van der Waals surface area contributed by atoms with E-state index < -0.39 is 0 Å². The minimum atomic E-state index is 0.874. The van der Waals surface area contributed by atoms with E-state index in [1.165, 1.54) is 44.1 Å². The van der Waals surface area contributed by atoms with Gasteiger partial charge in [-0.2, -0.15) is 0 Å². The van der Waals surface area contributed by atoms with Gasteiger partial charge in [-0.15, -0.1) is 0 Å². The van der Waals surface area contributed by atoms with Crippen molar-refractivity contribution >= 4 is 0 Å². The molecular formula is C16H25O. The van der Waals surface area contributed by atoms with Gasteiger partial charge in [0.15, 0.2) is 0 Å². The molecular weight excluding hydrogens is 208 g/mol. The Morgan fingerprint density at radius 2 is 1.65 bits per heavy atom. The molecule has 17 heavy (non-hydrogen) atoms. The van der Waals surface area contributed by atoms with E-state index >= 15 is 0 Å². The lowest BCUT2D eigenvalue weighted by Crippen LogP contribution is -1.95. The van der Waals surface area contributed by atoms with Gasteiger partial charge in [0.25, 0.3) is 0 Å². The van der Waals surface area contributed by atoms with Crippen LogP contribution in [-0.4, -0.2) is 6.61 Å². The molecule has 0 bridgehead atoms. The summed E-state index contributed by atoms with van der Waals surface area (Å²) in [7, 11) is 0. The molecule has 1 heteroatoms. The lowest BCUT2D eigenvalue weighted by molar-refractivity contribution is 0.189. The van der Waals surface area contributed by atoms with Crippen LogP contribution in [0.2, 0.25) is 0 Å². The zero-order valence-electron chi connectivity index (χ0n) is 11.0. The maximum Gasteiger partial charge on any atom is 0.0880 e. The van der Waals surface area contributed by atoms with Crippen LogP contribution in [0.15, 0.2) is 30.3 Å². The SMILES string of the molecule is CCCCCCCCO[CH]Cc1ccccc1. The first-order valence-corrected chi connectivity index (χ1v) is 6.90. The Morgan fingerprint density at radius 1 is 0.941 bits per heavy atom. The zero-order chi connectivity index (χ0) is 12.2. The third-order valence-corrected chi connectivity index (χ3v) is 2.90. The second-order valence-corrected chi connectivity index (χ2v) is 4.49. The van der Waals surface area contributed by atoms with E-state index in [1.807, 2.05) is 12.7 Å². The van der Waals surface area contributed by atoms with Crippen LogP contribution in [0.5, 0.6) is 0 Å². The van der Waals surface area contributed by atoms with Crippen molar-refractivity contribution in [1.82, 2.24) is 0 Å². The van der Waals surface area contributed by atoms with E-state index in [0.29, 0.717) is 0 Å². The standard InChI is InChI=1S/C16H25O/c1-2-3-4-5-6-10-14-17-15-13-16-11-8-7-9-12-16/h7-9,11-12,15H,2-6,10,13-14H2,1H3. The van der Waals surface area contributed by atoms with Gasteiger partial charge in [-0.1, -0.05) is 69.4 Å². The summed E-state index contributed by atoms with van der Waals surface area (Å²) in [6.07, 6.45) is 8.84. The van der Waals surface area contributed by atoms with Gasteiger partial charge in [0.1, 0.15) is 0 Å². The third-order valence-electron chi connectivity index (χ3n) is 2.90. The first-order chi connectivity index (χ1) is 8.43. The van der Waals surface area contributed by atoms with E-state index in [0.717, 1.165) is 13.0 Å². The molecule has 1 nitrogen and oxygen atoms in total. The van der Waals surface area contributed by atoms with Crippen LogP contribution >= 0.6 is 0 Å². The summed E-state index contributed by atoms with van der Waals surface area (Å²) in [4.78, 5) is 0. The molecule has 0 spiro atoms. The molecule has 0 aliphatic rings. The molecule has 1 radical (unpaired) electrons. The molecule has 0 amide bonds. The quantitative estimate of drug-likeness (QED) is 0.529. The molecule has 1 aromatic carbocycles. The smallest absolute Gasteiger partial charge is 0.0880 e. The predicted molar refractivity (Wildman–Crippen MR) is 73.8 cm³/mol. The van der Waals surface area contributed by atoms with Crippen molar-refractivity contribution in [3.05, 3.63) is 42.5 Å². The Morgan fingerprint density at radius 3 is 2.41 bits per heavy atom. The molecule has 0 aliphatic carbocycles. The van der Waals surface area contributed by atoms with E-state index in [-0.39, 0.29) is 0 Å². The van der Waals surface area contributed by atoms with Gasteiger partial charge in [-0.3, -0.25) is 0 Å². The summed E-state index contributed by atoms with van der Waals surface area (Å²) in [5, 5.41) is 0. The fraction of sp³-hybridized carbons (Fsp3) is 0.562. The Kier molecular flexibility index (Phi) is 8.66. The fourth-order valence-corrected chi connectivity index (χ4v) is 1.82. The third kappa shape index (κ3) is 7.98. The predicted octanol–water partition coefficient (Wildman–Crippen LogP) is 4.77. The average molecular weight is 233 g/mol. The topological polar surface area (TPSA) is 9.23 Å². The van der Waals surface area contributed by atoms with Crippen molar-refractivity contribution in [1.29, 1.82) is 0 Å². The summed E-state index contributed by atoms with van der Waals surface area (Å²) in [5.74, 6) is 0. The lowest BCUT2D eigenvalue weighted by Gasteiger charge is -2.03. The van der Waals surface area contributed by atoms with E-state index in [9.17, 15) is 0 Å². The number of unbranched alkanes of at least 4 members (excludes halogenated alkanes) is 5. The van der Waals surface area contributed by atoms with Crippen LogP contribution in [-0.2, 0) is 11.2 Å². The fourth-order valence-electron chi connectivity index (χ4n) is 1.82. The van der Waals surface area contributed by atoms with Crippen LogP contribution < -0.4 is 0 Å². The Hall–Kier alpha value is -0.820. The Labute approximate surface area is 106 Å². The Bertz CT molecular complexity index is 255. The number of ether oxygens (including phenoxy) is 1. The molecule has 0 atom stereocenters. The number of rotatable bonds is 10. The maximum absolute atomic E-state index is 5.52. The molecule has 95 valence electrons. The van der Waals surface area contributed by atoms with E-state index in [2.05, 4.69) is 31.2 Å². The molecule has 0 heterocycles. The largest absolute Gasteiger partial charge is 0.375 e. The second kappa shape index (κ2) is 10.3.